The van der Waals surface area contributed by atoms with Crippen molar-refractivity contribution >= 4 is 57.8 Å². The van der Waals surface area contributed by atoms with Crippen LogP contribution in [-0.2, 0) is 22.0 Å². The Labute approximate surface area is 238 Å². The van der Waals surface area contributed by atoms with Crippen molar-refractivity contribution in [1.82, 2.24) is 13.9 Å². The quantitative estimate of drug-likeness (QED) is 0.192. The standard InChI is InChI=1S/C26H34ClF2N5O4SSi/c1-17-20(7-8-21-23(17)26(35)32(2)15-30-21)31-25-19(29)6-9-22(24(25)27)34(16-38-12-13-40(3,4)5)39(36,37)33-11-10-18(28)14-33/h6-9,15,18,31H,10-14,16H2,1-5H3/t18-/m1/s1. The molecule has 40 heavy (non-hydrogen) atoms. The molecular formula is C26H34ClF2N5O4SSi. The Balaban J connectivity index is 1.74. The maximum absolute atomic E-state index is 15.2. The lowest BCUT2D eigenvalue weighted by molar-refractivity contribution is 0.155. The molecule has 14 heteroatoms. The lowest BCUT2D eigenvalue weighted by atomic mass is 10.1. The second-order valence-electron chi connectivity index (χ2n) is 11.1. The molecule has 0 bridgehead atoms. The first kappa shape index (κ1) is 30.4. The van der Waals surface area contributed by atoms with Gasteiger partial charge < -0.3 is 14.6 Å². The molecule has 0 saturated carbocycles. The van der Waals surface area contributed by atoms with Gasteiger partial charge in [0.25, 0.3) is 5.56 Å². The zero-order valence-corrected chi connectivity index (χ0v) is 25.7. The zero-order valence-electron chi connectivity index (χ0n) is 23.2. The van der Waals surface area contributed by atoms with Crippen LogP contribution in [0.4, 0.5) is 25.8 Å². The van der Waals surface area contributed by atoms with E-state index in [9.17, 15) is 17.6 Å². The molecule has 0 unspecified atom stereocenters. The van der Waals surface area contributed by atoms with Gasteiger partial charge in [0.05, 0.1) is 33.6 Å². The number of hydrogen-bond acceptors (Lipinski definition) is 6. The molecule has 2 aromatic carbocycles. The van der Waals surface area contributed by atoms with Gasteiger partial charge in [-0.15, -0.1) is 0 Å². The second-order valence-corrected chi connectivity index (χ2v) is 19.0. The fraction of sp³-hybridized carbons (Fsp3) is 0.462. The molecular weight excluding hydrogens is 580 g/mol. The average Bonchev–Trinajstić information content (AvgIpc) is 3.32. The highest BCUT2D eigenvalue weighted by atomic mass is 35.5. The lowest BCUT2D eigenvalue weighted by Gasteiger charge is -2.30. The van der Waals surface area contributed by atoms with Crippen LogP contribution in [0, 0.1) is 12.7 Å². The van der Waals surface area contributed by atoms with Crippen molar-refractivity contribution in [2.45, 2.75) is 45.2 Å². The highest BCUT2D eigenvalue weighted by Gasteiger charge is 2.37. The minimum Gasteiger partial charge on any atom is -0.360 e. The number of aromatic nitrogens is 2. The van der Waals surface area contributed by atoms with E-state index in [1.54, 1.807) is 26.1 Å². The highest BCUT2D eigenvalue weighted by molar-refractivity contribution is 7.90. The highest BCUT2D eigenvalue weighted by Crippen LogP contribution is 2.39. The predicted octanol–water partition coefficient (Wildman–Crippen LogP) is 5.19. The molecule has 9 nitrogen and oxygen atoms in total. The van der Waals surface area contributed by atoms with Gasteiger partial charge in [0.15, 0.2) is 0 Å². The molecule has 1 aromatic heterocycles. The van der Waals surface area contributed by atoms with E-state index in [4.69, 9.17) is 16.3 Å². The van der Waals surface area contributed by atoms with Crippen LogP contribution < -0.4 is 15.2 Å². The van der Waals surface area contributed by atoms with Gasteiger partial charge in [-0.2, -0.15) is 12.7 Å². The Bertz CT molecular complexity index is 1580. The summed E-state index contributed by atoms with van der Waals surface area (Å²) in [5, 5.41) is 3.10. The van der Waals surface area contributed by atoms with Crippen molar-refractivity contribution in [3.05, 3.63) is 57.3 Å². The van der Waals surface area contributed by atoms with Gasteiger partial charge >= 0.3 is 10.2 Å². The Morgan fingerprint density at radius 3 is 2.62 bits per heavy atom. The third-order valence-corrected chi connectivity index (χ3v) is 10.8. The number of aryl methyl sites for hydroxylation is 2. The van der Waals surface area contributed by atoms with Crippen LogP contribution in [0.15, 0.2) is 35.4 Å². The molecule has 1 N–H and O–H groups in total. The molecule has 2 heterocycles. The van der Waals surface area contributed by atoms with E-state index in [0.29, 0.717) is 28.8 Å². The zero-order chi connectivity index (χ0) is 29.4. The number of nitrogens with zero attached hydrogens (tertiary/aromatic N) is 4. The number of halogens is 3. The monoisotopic (exact) mass is 613 g/mol. The van der Waals surface area contributed by atoms with Crippen molar-refractivity contribution in [3.8, 4) is 0 Å². The molecule has 1 fully saturated rings. The average molecular weight is 614 g/mol. The van der Waals surface area contributed by atoms with Gasteiger partial charge in [-0.1, -0.05) is 31.2 Å². The summed E-state index contributed by atoms with van der Waals surface area (Å²) in [5.74, 6) is -0.727. The maximum atomic E-state index is 15.2. The van der Waals surface area contributed by atoms with Crippen molar-refractivity contribution in [1.29, 1.82) is 0 Å². The molecule has 218 valence electrons. The van der Waals surface area contributed by atoms with Crippen LogP contribution in [0.25, 0.3) is 10.9 Å². The fourth-order valence-corrected chi connectivity index (χ4v) is 7.08. The topological polar surface area (TPSA) is 96.8 Å². The van der Waals surface area contributed by atoms with Crippen LogP contribution in [0.5, 0.6) is 0 Å². The van der Waals surface area contributed by atoms with E-state index in [1.165, 1.54) is 17.0 Å². The van der Waals surface area contributed by atoms with E-state index in [2.05, 4.69) is 29.9 Å². The molecule has 1 aliphatic heterocycles. The summed E-state index contributed by atoms with van der Waals surface area (Å²) in [6.07, 6.45) is 0.232. The number of ether oxygens (including phenoxy) is 1. The smallest absolute Gasteiger partial charge is 0.306 e. The Morgan fingerprint density at radius 1 is 1.25 bits per heavy atom. The van der Waals surface area contributed by atoms with Crippen LogP contribution in [0.2, 0.25) is 30.7 Å². The van der Waals surface area contributed by atoms with Gasteiger partial charge in [-0.25, -0.2) is 18.1 Å². The summed E-state index contributed by atoms with van der Waals surface area (Å²) < 4.78 is 65.6. The normalized spacial score (nSPS) is 16.6. The van der Waals surface area contributed by atoms with Gasteiger partial charge in [0.1, 0.15) is 18.7 Å². The van der Waals surface area contributed by atoms with Gasteiger partial charge in [-0.3, -0.25) is 4.79 Å². The van der Waals surface area contributed by atoms with Crippen molar-refractivity contribution in [2.75, 3.05) is 36.0 Å². The first-order valence-corrected chi connectivity index (χ1v) is 18.4. The van der Waals surface area contributed by atoms with E-state index < -0.39 is 30.3 Å². The Hall–Kier alpha value is -2.58. The summed E-state index contributed by atoms with van der Waals surface area (Å²) in [6, 6.07) is 6.44. The molecule has 1 atom stereocenters. The summed E-state index contributed by atoms with van der Waals surface area (Å²) >= 11 is 6.68. The van der Waals surface area contributed by atoms with Crippen molar-refractivity contribution in [2.24, 2.45) is 7.05 Å². The van der Waals surface area contributed by atoms with Crippen LogP contribution in [0.1, 0.15) is 12.0 Å². The van der Waals surface area contributed by atoms with E-state index in [-0.39, 0.29) is 48.2 Å². The summed E-state index contributed by atoms with van der Waals surface area (Å²) in [7, 11) is -4.12. The van der Waals surface area contributed by atoms with E-state index in [1.807, 2.05) is 0 Å². The van der Waals surface area contributed by atoms with Crippen molar-refractivity contribution < 1.29 is 21.9 Å². The molecule has 0 spiro atoms. The molecule has 0 radical (unpaired) electrons. The third kappa shape index (κ3) is 6.33. The van der Waals surface area contributed by atoms with Gasteiger partial charge in [-0.05, 0) is 49.2 Å². The molecule has 1 saturated heterocycles. The summed E-state index contributed by atoms with van der Waals surface area (Å²) in [4.78, 5) is 17.0. The predicted molar refractivity (Wildman–Crippen MR) is 158 cm³/mol. The first-order chi connectivity index (χ1) is 18.7. The Kier molecular flexibility index (Phi) is 8.90. The third-order valence-electron chi connectivity index (χ3n) is 6.85. The van der Waals surface area contributed by atoms with E-state index >= 15 is 4.39 Å². The minimum atomic E-state index is -4.25. The number of rotatable bonds is 10. The van der Waals surface area contributed by atoms with Crippen LogP contribution >= 0.6 is 11.6 Å². The molecule has 0 aliphatic carbocycles. The number of hydrogen-bond donors (Lipinski definition) is 1. The number of anilines is 3. The summed E-state index contributed by atoms with van der Waals surface area (Å²) in [5.41, 5.74) is 0.951. The van der Waals surface area contributed by atoms with Gasteiger partial charge in [0, 0.05) is 40.5 Å². The SMILES string of the molecule is Cc1c(Nc2c(F)ccc(N(COCC[Si](C)(C)C)S(=O)(=O)N3CC[C@@H](F)C3)c2Cl)ccc2ncn(C)c(=O)c12. The molecule has 3 aromatic rings. The molecule has 4 rings (SSSR count). The number of alkyl halides is 1. The molecule has 0 amide bonds. The minimum absolute atomic E-state index is 0.0120. The first-order valence-electron chi connectivity index (χ1n) is 12.9. The van der Waals surface area contributed by atoms with Crippen LogP contribution in [0.3, 0.4) is 0 Å². The van der Waals surface area contributed by atoms with Crippen LogP contribution in [-0.4, -0.2) is 62.9 Å². The molecule has 1 aliphatic rings. The number of benzene rings is 2. The fourth-order valence-electron chi connectivity index (χ4n) is 4.39. The largest absolute Gasteiger partial charge is 0.360 e. The maximum Gasteiger partial charge on any atom is 0.306 e. The Morgan fingerprint density at radius 2 is 1.98 bits per heavy atom. The van der Waals surface area contributed by atoms with E-state index in [0.717, 1.165) is 20.7 Å². The summed E-state index contributed by atoms with van der Waals surface area (Å²) in [6.45, 7) is 7.91. The lowest BCUT2D eigenvalue weighted by Crippen LogP contribution is -2.44. The van der Waals surface area contributed by atoms with Crippen molar-refractivity contribution in [3.63, 3.8) is 0 Å². The number of nitrogens with one attached hydrogen (secondary N) is 1. The number of fused-ring (bicyclic) bond motifs is 1. The second kappa shape index (κ2) is 11.7. The van der Waals surface area contributed by atoms with Gasteiger partial charge in [0.2, 0.25) is 0 Å².